The van der Waals surface area contributed by atoms with E-state index < -0.39 is 11.4 Å². The van der Waals surface area contributed by atoms with E-state index in [2.05, 4.69) is 0 Å². The molecule has 0 fully saturated rings. The molecule has 0 aromatic heterocycles. The number of aryl methyl sites for hydroxylation is 2. The quantitative estimate of drug-likeness (QED) is 0.702. The monoisotopic (exact) mass is 306 g/mol. The second-order valence-electron chi connectivity index (χ2n) is 2.54. The fourth-order valence-electron chi connectivity index (χ4n) is 0.975. The van der Waals surface area contributed by atoms with Crippen molar-refractivity contribution in [2.24, 2.45) is 0 Å². The minimum Gasteiger partial charge on any atom is -0.693 e. The molecule has 2 nitrogen and oxygen atoms in total. The zero-order valence-electron chi connectivity index (χ0n) is 8.26. The number of benzene rings is 1. The predicted octanol–water partition coefficient (Wildman–Crippen LogP) is 4.54. The SMILES string of the molecule is Cc1cccc(C)c1[C-]=O.[Cl][Cr]([Cl])[Cl].[NH2-]. The van der Waals surface area contributed by atoms with Crippen LogP contribution in [0.3, 0.4) is 0 Å². The third-order valence-corrected chi connectivity index (χ3v) is 1.58. The largest absolute Gasteiger partial charge is 0.693 e. The van der Waals surface area contributed by atoms with Crippen LogP contribution in [-0.4, -0.2) is 6.29 Å². The summed E-state index contributed by atoms with van der Waals surface area (Å²) >= 11 is -1.62. The van der Waals surface area contributed by atoms with Crippen molar-refractivity contribution in [2.45, 2.75) is 13.8 Å². The summed E-state index contributed by atoms with van der Waals surface area (Å²) in [6, 6.07) is 5.76. The molecule has 0 aliphatic carbocycles. The second kappa shape index (κ2) is 9.48. The van der Waals surface area contributed by atoms with E-state index in [0.29, 0.717) is 5.56 Å². The van der Waals surface area contributed by atoms with Gasteiger partial charge in [-0.05, 0) is 0 Å². The molecule has 0 atom stereocenters. The summed E-state index contributed by atoms with van der Waals surface area (Å²) in [6.45, 7) is 3.82. The van der Waals surface area contributed by atoms with E-state index in [-0.39, 0.29) is 6.15 Å². The Bertz CT molecular complexity index is 284. The maximum atomic E-state index is 10.3. The molecule has 2 N–H and O–H groups in total. The number of hydrogen-bond donors (Lipinski definition) is 0. The Morgan fingerprint density at radius 3 is 1.67 bits per heavy atom. The Hall–Kier alpha value is 0.252. The standard InChI is InChI=1S/C9H9O.3ClH.Cr.H2N/c1-7-4-3-5-8(2)9(7)6-10;;;;;/h3-5H,1-2H3;3*1H;;1H2/q-1;;;;+3;-1/p-3. The van der Waals surface area contributed by atoms with Crippen LogP contribution in [0.1, 0.15) is 16.7 Å². The Labute approximate surface area is 107 Å². The van der Waals surface area contributed by atoms with Crippen molar-refractivity contribution in [3.8, 4) is 0 Å². The number of halogens is 3. The maximum absolute atomic E-state index is 10.3. The summed E-state index contributed by atoms with van der Waals surface area (Å²) < 4.78 is 0. The Morgan fingerprint density at radius 2 is 1.47 bits per heavy atom. The van der Waals surface area contributed by atoms with Gasteiger partial charge in [0.1, 0.15) is 0 Å². The number of hydrogen-bond acceptors (Lipinski definition) is 1. The van der Waals surface area contributed by atoms with Crippen LogP contribution in [0.25, 0.3) is 6.15 Å². The van der Waals surface area contributed by atoms with E-state index in [9.17, 15) is 4.79 Å². The van der Waals surface area contributed by atoms with Crippen molar-refractivity contribution in [3.05, 3.63) is 41.0 Å². The third kappa shape index (κ3) is 8.10. The van der Waals surface area contributed by atoms with Gasteiger partial charge in [-0.3, -0.25) is 0 Å². The first-order valence-corrected chi connectivity index (χ1v) is 8.92. The molecule has 1 rings (SSSR count). The normalized spacial score (nSPS) is 8.67. The van der Waals surface area contributed by atoms with E-state index in [1.807, 2.05) is 38.3 Å². The van der Waals surface area contributed by atoms with Crippen LogP contribution in [0, 0.1) is 13.8 Å². The number of rotatable bonds is 1. The zero-order chi connectivity index (χ0) is 11.1. The molecule has 1 aromatic rings. The number of carbonyl (C=O) groups excluding carboxylic acids is 1. The molecule has 6 heteroatoms. The topological polar surface area (TPSA) is 50.6 Å². The molecule has 0 saturated carbocycles. The van der Waals surface area contributed by atoms with E-state index in [0.717, 1.165) is 11.1 Å². The van der Waals surface area contributed by atoms with Gasteiger partial charge < -0.3 is 10.9 Å². The molecule has 0 bridgehead atoms. The van der Waals surface area contributed by atoms with E-state index >= 15 is 0 Å². The first-order valence-electron chi connectivity index (χ1n) is 3.66. The van der Waals surface area contributed by atoms with Crippen LogP contribution in [0.15, 0.2) is 18.2 Å². The van der Waals surface area contributed by atoms with Crippen LogP contribution in [0.4, 0.5) is 0 Å². The van der Waals surface area contributed by atoms with Crippen molar-refractivity contribution in [3.63, 3.8) is 0 Å². The molecule has 87 valence electrons. The summed E-state index contributed by atoms with van der Waals surface area (Å²) in [4.78, 5) is 10.3. The Kier molecular flexibility index (Phi) is 11.1. The van der Waals surface area contributed by atoms with Crippen LogP contribution < -0.4 is 0 Å². The molecule has 0 saturated heterocycles. The summed E-state index contributed by atoms with van der Waals surface area (Å²) in [5.74, 6) is 0. The fraction of sp³-hybridized carbons (Fsp3) is 0.222. The van der Waals surface area contributed by atoms with Crippen molar-refractivity contribution in [1.82, 2.24) is 0 Å². The van der Waals surface area contributed by atoms with Crippen LogP contribution >= 0.6 is 30.1 Å². The molecule has 0 amide bonds. The molecule has 0 spiro atoms. The summed E-state index contributed by atoms with van der Waals surface area (Å²) in [7, 11) is 14.8. The molecular weight excluding hydrogens is 296 g/mol. The average Bonchev–Trinajstić information content (AvgIpc) is 2.03. The molecule has 0 aliphatic heterocycles. The van der Waals surface area contributed by atoms with E-state index in [4.69, 9.17) is 30.1 Å². The second-order valence-corrected chi connectivity index (χ2v) is 8.86. The molecule has 0 radical (unpaired) electrons. The van der Waals surface area contributed by atoms with Gasteiger partial charge in [0.05, 0.1) is 6.29 Å². The molecule has 15 heavy (non-hydrogen) atoms. The summed E-state index contributed by atoms with van der Waals surface area (Å²) in [6.07, 6.45) is 1.91. The zero-order valence-corrected chi connectivity index (χ0v) is 11.8. The van der Waals surface area contributed by atoms with Gasteiger partial charge in [-0.1, -0.05) is 19.9 Å². The molecule has 0 heterocycles. The Morgan fingerprint density at radius 1 is 1.13 bits per heavy atom. The Balaban J connectivity index is 0. The number of nitrogens with two attached hydrogens (primary N) is 1. The maximum Gasteiger partial charge on any atom is -0.693 e. The molecular formula is C9H11Cl3CrNO-2. The van der Waals surface area contributed by atoms with Crippen LogP contribution in [0.2, 0.25) is 0 Å². The van der Waals surface area contributed by atoms with Crippen molar-refractivity contribution in [1.29, 1.82) is 0 Å². The van der Waals surface area contributed by atoms with Gasteiger partial charge in [-0.2, -0.15) is 0 Å². The predicted molar refractivity (Wildman–Crippen MR) is 63.6 cm³/mol. The van der Waals surface area contributed by atoms with Crippen LogP contribution in [0.5, 0.6) is 0 Å². The van der Waals surface area contributed by atoms with Crippen molar-refractivity contribution in [2.75, 3.05) is 0 Å². The first kappa shape index (κ1) is 17.6. The van der Waals surface area contributed by atoms with Gasteiger partial charge in [-0.25, -0.2) is 0 Å². The van der Waals surface area contributed by atoms with Crippen molar-refractivity contribution >= 4 is 36.4 Å². The van der Waals surface area contributed by atoms with Gasteiger partial charge in [-0.15, -0.1) is 28.8 Å². The minimum absolute atomic E-state index is 0. The van der Waals surface area contributed by atoms with E-state index in [1.54, 1.807) is 0 Å². The summed E-state index contributed by atoms with van der Waals surface area (Å²) in [5.41, 5.74) is 2.69. The minimum atomic E-state index is -1.62. The van der Waals surface area contributed by atoms with Gasteiger partial charge in [0.25, 0.3) is 0 Å². The fourth-order valence-corrected chi connectivity index (χ4v) is 0.975. The first-order chi connectivity index (χ1) is 6.49. The third-order valence-electron chi connectivity index (χ3n) is 1.58. The molecule has 1 aromatic carbocycles. The van der Waals surface area contributed by atoms with Gasteiger partial charge in [0, 0.05) is 0 Å². The van der Waals surface area contributed by atoms with E-state index in [1.165, 1.54) is 0 Å². The average molecular weight is 308 g/mol. The van der Waals surface area contributed by atoms with Gasteiger partial charge >= 0.3 is 41.5 Å². The summed E-state index contributed by atoms with van der Waals surface area (Å²) in [5, 5.41) is 0. The molecule has 0 aliphatic rings. The van der Waals surface area contributed by atoms with Crippen molar-refractivity contribution < 1.29 is 16.2 Å². The van der Waals surface area contributed by atoms with Gasteiger partial charge in [0.15, 0.2) is 0 Å². The van der Waals surface area contributed by atoms with Crippen LogP contribution in [-0.2, 0) is 16.2 Å². The molecule has 0 unspecified atom stereocenters. The smallest absolute Gasteiger partial charge is 0.693 e. The van der Waals surface area contributed by atoms with Gasteiger partial charge in [0.2, 0.25) is 0 Å².